The number of esters is 1. The van der Waals surface area contributed by atoms with Gasteiger partial charge in [0.15, 0.2) is 5.44 Å². The highest BCUT2D eigenvalue weighted by molar-refractivity contribution is 8.00. The molecule has 1 fully saturated rings. The van der Waals surface area contributed by atoms with Gasteiger partial charge in [-0.25, -0.2) is 0 Å². The van der Waals surface area contributed by atoms with Gasteiger partial charge in [-0.2, -0.15) is 0 Å². The van der Waals surface area contributed by atoms with E-state index >= 15 is 0 Å². The van der Waals surface area contributed by atoms with Gasteiger partial charge in [-0.05, 0) is 5.56 Å². The molecule has 1 aromatic carbocycles. The van der Waals surface area contributed by atoms with Gasteiger partial charge in [0.25, 0.3) is 0 Å². The molecule has 2 rings (SSSR count). The Labute approximate surface area is 92.8 Å². The molecule has 80 valence electrons. The highest BCUT2D eigenvalue weighted by atomic mass is 32.2. The third-order valence-corrected chi connectivity index (χ3v) is 3.02. The van der Waals surface area contributed by atoms with Gasteiger partial charge >= 0.3 is 5.97 Å². The smallest absolute Gasteiger partial charge is 0.317 e. The van der Waals surface area contributed by atoms with E-state index in [2.05, 4.69) is 0 Å². The predicted molar refractivity (Wildman–Crippen MR) is 58.4 cm³/mol. The maximum absolute atomic E-state index is 10.8. The van der Waals surface area contributed by atoms with Gasteiger partial charge in [0.2, 0.25) is 0 Å². The van der Waals surface area contributed by atoms with E-state index in [0.717, 1.165) is 5.56 Å². The molecular weight excluding hydrogens is 212 g/mol. The van der Waals surface area contributed by atoms with Crippen LogP contribution < -0.4 is 0 Å². The fourth-order valence-electron chi connectivity index (χ4n) is 1.31. The second-order valence-electron chi connectivity index (χ2n) is 3.23. The number of hydrogen-bond acceptors (Lipinski definition) is 4. The van der Waals surface area contributed by atoms with E-state index in [1.54, 1.807) is 0 Å². The van der Waals surface area contributed by atoms with Crippen molar-refractivity contribution in [2.24, 2.45) is 0 Å². The molecule has 0 saturated carbocycles. The Kier molecular flexibility index (Phi) is 3.64. The van der Waals surface area contributed by atoms with Crippen molar-refractivity contribution in [2.45, 2.75) is 12.0 Å². The largest absolute Gasteiger partial charge is 0.448 e. The summed E-state index contributed by atoms with van der Waals surface area (Å²) in [6.07, 6.45) is 0. The SMILES string of the molecule is O=C1CSC(COCc2ccccc2)O1. The first-order valence-corrected chi connectivity index (χ1v) is 5.82. The average Bonchev–Trinajstić information content (AvgIpc) is 2.66. The van der Waals surface area contributed by atoms with Gasteiger partial charge in [-0.3, -0.25) is 4.79 Å². The fourth-order valence-corrected chi connectivity index (χ4v) is 2.06. The van der Waals surface area contributed by atoms with Gasteiger partial charge in [-0.15, -0.1) is 11.8 Å². The predicted octanol–water partition coefficient (Wildman–Crippen LogP) is 1.82. The van der Waals surface area contributed by atoms with Crippen LogP contribution in [0.3, 0.4) is 0 Å². The molecule has 0 amide bonds. The lowest BCUT2D eigenvalue weighted by atomic mass is 10.2. The van der Waals surface area contributed by atoms with Crippen LogP contribution in [0.4, 0.5) is 0 Å². The highest BCUT2D eigenvalue weighted by Crippen LogP contribution is 2.21. The minimum atomic E-state index is -0.145. The molecule has 0 bridgehead atoms. The maximum Gasteiger partial charge on any atom is 0.317 e. The van der Waals surface area contributed by atoms with E-state index in [-0.39, 0.29) is 11.4 Å². The molecule has 3 nitrogen and oxygen atoms in total. The van der Waals surface area contributed by atoms with Crippen molar-refractivity contribution < 1.29 is 14.3 Å². The van der Waals surface area contributed by atoms with Crippen molar-refractivity contribution in [3.8, 4) is 0 Å². The monoisotopic (exact) mass is 224 g/mol. The van der Waals surface area contributed by atoms with Gasteiger partial charge in [0.1, 0.15) is 0 Å². The summed E-state index contributed by atoms with van der Waals surface area (Å²) in [5, 5.41) is 0. The van der Waals surface area contributed by atoms with Crippen molar-refractivity contribution >= 4 is 17.7 Å². The van der Waals surface area contributed by atoms with E-state index in [9.17, 15) is 4.79 Å². The Morgan fingerprint density at radius 2 is 2.20 bits per heavy atom. The Bertz CT molecular complexity index is 326. The number of cyclic esters (lactones) is 1. The first-order valence-electron chi connectivity index (χ1n) is 4.77. The Morgan fingerprint density at radius 1 is 1.40 bits per heavy atom. The van der Waals surface area contributed by atoms with Gasteiger partial charge in [0, 0.05) is 0 Å². The van der Waals surface area contributed by atoms with Gasteiger partial charge in [-0.1, -0.05) is 30.3 Å². The van der Waals surface area contributed by atoms with Crippen LogP contribution >= 0.6 is 11.8 Å². The second-order valence-corrected chi connectivity index (χ2v) is 4.38. The summed E-state index contributed by atoms with van der Waals surface area (Å²) in [4.78, 5) is 10.8. The minimum Gasteiger partial charge on any atom is -0.448 e. The molecule has 0 aromatic heterocycles. The Hall–Kier alpha value is -1.00. The molecule has 1 saturated heterocycles. The molecule has 1 unspecified atom stereocenters. The molecular formula is C11H12O3S. The van der Waals surface area contributed by atoms with Crippen LogP contribution in [0.15, 0.2) is 30.3 Å². The average molecular weight is 224 g/mol. The third-order valence-electron chi connectivity index (χ3n) is 2.02. The lowest BCUT2D eigenvalue weighted by Crippen LogP contribution is -2.12. The topological polar surface area (TPSA) is 35.5 Å². The molecule has 1 aromatic rings. The molecule has 1 heterocycles. The molecule has 0 N–H and O–H groups in total. The van der Waals surface area contributed by atoms with Crippen LogP contribution in [0.25, 0.3) is 0 Å². The zero-order chi connectivity index (χ0) is 10.5. The molecule has 1 aliphatic heterocycles. The number of thioether (sulfide) groups is 1. The molecule has 0 radical (unpaired) electrons. The van der Waals surface area contributed by atoms with Crippen LogP contribution in [0.5, 0.6) is 0 Å². The zero-order valence-electron chi connectivity index (χ0n) is 8.22. The number of carbonyl (C=O) groups is 1. The lowest BCUT2D eigenvalue weighted by Gasteiger charge is -2.08. The quantitative estimate of drug-likeness (QED) is 0.731. The molecule has 1 atom stereocenters. The number of benzene rings is 1. The number of hydrogen-bond donors (Lipinski definition) is 0. The van der Waals surface area contributed by atoms with E-state index in [1.807, 2.05) is 30.3 Å². The van der Waals surface area contributed by atoms with Crippen molar-refractivity contribution in [3.63, 3.8) is 0 Å². The van der Waals surface area contributed by atoms with Crippen molar-refractivity contribution in [3.05, 3.63) is 35.9 Å². The number of carbonyl (C=O) groups excluding carboxylic acids is 1. The summed E-state index contributed by atoms with van der Waals surface area (Å²) < 4.78 is 10.5. The summed E-state index contributed by atoms with van der Waals surface area (Å²) in [5.41, 5.74) is 1.01. The number of rotatable bonds is 4. The summed E-state index contributed by atoms with van der Waals surface area (Å²) in [7, 11) is 0. The lowest BCUT2D eigenvalue weighted by molar-refractivity contribution is -0.141. The van der Waals surface area contributed by atoms with Crippen molar-refractivity contribution in [2.75, 3.05) is 12.4 Å². The van der Waals surface area contributed by atoms with E-state index in [0.29, 0.717) is 19.0 Å². The van der Waals surface area contributed by atoms with E-state index in [4.69, 9.17) is 9.47 Å². The van der Waals surface area contributed by atoms with Crippen molar-refractivity contribution in [1.29, 1.82) is 0 Å². The minimum absolute atomic E-state index is 0.124. The molecule has 0 aliphatic carbocycles. The van der Waals surface area contributed by atoms with E-state index in [1.165, 1.54) is 11.8 Å². The Morgan fingerprint density at radius 3 is 2.87 bits per heavy atom. The second kappa shape index (κ2) is 5.19. The molecule has 15 heavy (non-hydrogen) atoms. The summed E-state index contributed by atoms with van der Waals surface area (Å²) in [6.45, 7) is 1.03. The standard InChI is InChI=1S/C11H12O3S/c12-10-8-15-11(14-10)7-13-6-9-4-2-1-3-5-9/h1-5,11H,6-8H2. The zero-order valence-corrected chi connectivity index (χ0v) is 9.03. The summed E-state index contributed by atoms with van der Waals surface area (Å²) >= 11 is 1.49. The van der Waals surface area contributed by atoms with Crippen LogP contribution in [0.2, 0.25) is 0 Å². The fraction of sp³-hybridized carbons (Fsp3) is 0.364. The normalized spacial score (nSPS) is 20.3. The highest BCUT2D eigenvalue weighted by Gasteiger charge is 2.23. The van der Waals surface area contributed by atoms with Crippen LogP contribution in [-0.4, -0.2) is 23.8 Å². The summed E-state index contributed by atoms with van der Waals surface area (Å²) in [5.74, 6) is 0.299. The maximum atomic E-state index is 10.8. The van der Waals surface area contributed by atoms with Gasteiger partial charge in [0.05, 0.1) is 19.0 Å². The molecule has 0 spiro atoms. The molecule has 1 aliphatic rings. The third kappa shape index (κ3) is 3.25. The van der Waals surface area contributed by atoms with Crippen LogP contribution in [0.1, 0.15) is 5.56 Å². The van der Waals surface area contributed by atoms with Crippen molar-refractivity contribution in [1.82, 2.24) is 0 Å². The van der Waals surface area contributed by atoms with E-state index < -0.39 is 0 Å². The number of ether oxygens (including phenoxy) is 2. The van der Waals surface area contributed by atoms with Crippen LogP contribution in [0, 0.1) is 0 Å². The van der Waals surface area contributed by atoms with Gasteiger partial charge < -0.3 is 9.47 Å². The molecule has 4 heteroatoms. The Balaban J connectivity index is 1.69. The first kappa shape index (κ1) is 10.5. The first-order chi connectivity index (χ1) is 7.34. The van der Waals surface area contributed by atoms with Crippen LogP contribution in [-0.2, 0) is 20.9 Å². The summed E-state index contributed by atoms with van der Waals surface area (Å²) in [6, 6.07) is 9.94.